The van der Waals surface area contributed by atoms with Crippen molar-refractivity contribution in [3.63, 3.8) is 0 Å². The van der Waals surface area contributed by atoms with Gasteiger partial charge in [0.05, 0.1) is 0 Å². The highest BCUT2D eigenvalue weighted by atomic mass is 16.1. The van der Waals surface area contributed by atoms with Crippen LogP contribution in [0, 0.1) is 6.92 Å². The molecule has 3 N–H and O–H groups in total. The first-order chi connectivity index (χ1) is 10.2. The molecule has 0 aliphatic carbocycles. The number of anilines is 1. The van der Waals surface area contributed by atoms with E-state index in [2.05, 4.69) is 25.8 Å². The number of hydrogen-bond acceptors (Lipinski definition) is 4. The number of aromatic amines is 1. The maximum absolute atomic E-state index is 11.6. The van der Waals surface area contributed by atoms with Crippen LogP contribution in [0.4, 0.5) is 5.69 Å². The third-order valence-corrected chi connectivity index (χ3v) is 3.57. The summed E-state index contributed by atoms with van der Waals surface area (Å²) < 4.78 is 0. The van der Waals surface area contributed by atoms with Gasteiger partial charge in [0.15, 0.2) is 5.82 Å². The number of carbonyl (C=O) groups is 1. The zero-order valence-electron chi connectivity index (χ0n) is 12.0. The zero-order chi connectivity index (χ0) is 14.7. The fourth-order valence-corrected chi connectivity index (χ4v) is 2.55. The summed E-state index contributed by atoms with van der Waals surface area (Å²) in [6.45, 7) is 2.65. The van der Waals surface area contributed by atoms with Crippen LogP contribution >= 0.6 is 0 Å². The Kier molecular flexibility index (Phi) is 3.85. The number of hydrogen-bond donors (Lipinski definition) is 3. The van der Waals surface area contributed by atoms with Crippen molar-refractivity contribution in [3.8, 4) is 11.4 Å². The molecule has 21 heavy (non-hydrogen) atoms. The van der Waals surface area contributed by atoms with Gasteiger partial charge >= 0.3 is 0 Å². The lowest BCUT2D eigenvalue weighted by atomic mass is 10.1. The number of amides is 1. The van der Waals surface area contributed by atoms with Crippen molar-refractivity contribution in [2.45, 2.75) is 32.2 Å². The smallest absolute Gasteiger partial charge is 0.222 e. The van der Waals surface area contributed by atoms with Crippen LogP contribution in [0.5, 0.6) is 0 Å². The van der Waals surface area contributed by atoms with Crippen LogP contribution in [0.15, 0.2) is 24.3 Å². The molecule has 1 aromatic heterocycles. The highest BCUT2D eigenvalue weighted by molar-refractivity contribution is 5.77. The van der Waals surface area contributed by atoms with Crippen molar-refractivity contribution < 1.29 is 4.79 Å². The summed E-state index contributed by atoms with van der Waals surface area (Å²) >= 11 is 0. The normalized spacial score (nSPS) is 18.9. The first kappa shape index (κ1) is 13.6. The SMILES string of the molecule is Cc1nc(-c2cccc(NC3CCCNC(=O)C3)c2)n[nH]1. The van der Waals surface area contributed by atoms with Crippen LogP contribution in [-0.2, 0) is 4.79 Å². The average molecular weight is 285 g/mol. The summed E-state index contributed by atoms with van der Waals surface area (Å²) in [6.07, 6.45) is 2.51. The van der Waals surface area contributed by atoms with Gasteiger partial charge in [0.25, 0.3) is 0 Å². The van der Waals surface area contributed by atoms with E-state index in [0.717, 1.165) is 36.5 Å². The topological polar surface area (TPSA) is 82.7 Å². The Bertz CT molecular complexity index is 636. The molecule has 1 aliphatic rings. The second kappa shape index (κ2) is 5.95. The largest absolute Gasteiger partial charge is 0.382 e. The summed E-state index contributed by atoms with van der Waals surface area (Å²) in [6, 6.07) is 8.15. The highest BCUT2D eigenvalue weighted by Crippen LogP contribution is 2.21. The van der Waals surface area contributed by atoms with Gasteiger partial charge in [-0.25, -0.2) is 4.98 Å². The summed E-state index contributed by atoms with van der Waals surface area (Å²) in [4.78, 5) is 15.9. The number of nitrogens with zero attached hydrogens (tertiary/aromatic N) is 2. The molecule has 0 bridgehead atoms. The molecule has 0 radical (unpaired) electrons. The van der Waals surface area contributed by atoms with E-state index in [4.69, 9.17) is 0 Å². The molecule has 1 fully saturated rings. The lowest BCUT2D eigenvalue weighted by Crippen LogP contribution is -2.26. The Balaban J connectivity index is 1.75. The number of carbonyl (C=O) groups excluding carboxylic acids is 1. The number of aromatic nitrogens is 3. The fraction of sp³-hybridized carbons (Fsp3) is 0.400. The van der Waals surface area contributed by atoms with E-state index in [0.29, 0.717) is 12.2 Å². The second-order valence-electron chi connectivity index (χ2n) is 5.36. The van der Waals surface area contributed by atoms with Crippen molar-refractivity contribution >= 4 is 11.6 Å². The van der Waals surface area contributed by atoms with Gasteiger partial charge in [-0.15, -0.1) is 0 Å². The summed E-state index contributed by atoms with van der Waals surface area (Å²) in [5.74, 6) is 1.60. The Labute approximate surface area is 123 Å². The molecule has 1 aliphatic heterocycles. The molecule has 6 nitrogen and oxygen atoms in total. The second-order valence-corrected chi connectivity index (χ2v) is 5.36. The fourth-order valence-electron chi connectivity index (χ4n) is 2.55. The minimum Gasteiger partial charge on any atom is -0.382 e. The van der Waals surface area contributed by atoms with Crippen LogP contribution in [0.25, 0.3) is 11.4 Å². The number of nitrogens with one attached hydrogen (secondary N) is 3. The van der Waals surface area contributed by atoms with Crippen molar-refractivity contribution in [3.05, 3.63) is 30.1 Å². The molecule has 1 saturated heterocycles. The molecule has 0 spiro atoms. The number of H-pyrrole nitrogens is 1. The zero-order valence-corrected chi connectivity index (χ0v) is 12.0. The Morgan fingerprint density at radius 2 is 2.29 bits per heavy atom. The molecule has 1 amide bonds. The standard InChI is InChI=1S/C15H19N5O/c1-10-17-15(20-19-10)11-4-2-5-12(8-11)18-13-6-3-7-16-14(21)9-13/h2,4-5,8,13,18H,3,6-7,9H2,1H3,(H,16,21)(H,17,19,20). The molecule has 2 aromatic rings. The predicted octanol–water partition coefficient (Wildman–Crippen LogP) is 1.86. The van der Waals surface area contributed by atoms with Gasteiger partial charge < -0.3 is 10.6 Å². The van der Waals surface area contributed by atoms with Crippen LogP contribution < -0.4 is 10.6 Å². The van der Waals surface area contributed by atoms with Crippen molar-refractivity contribution in [2.24, 2.45) is 0 Å². The van der Waals surface area contributed by atoms with Gasteiger partial charge in [0, 0.05) is 30.3 Å². The van der Waals surface area contributed by atoms with E-state index in [-0.39, 0.29) is 11.9 Å². The van der Waals surface area contributed by atoms with Crippen LogP contribution in [0.3, 0.4) is 0 Å². The van der Waals surface area contributed by atoms with Crippen molar-refractivity contribution in [1.82, 2.24) is 20.5 Å². The lowest BCUT2D eigenvalue weighted by Gasteiger charge is -2.16. The van der Waals surface area contributed by atoms with Gasteiger partial charge in [-0.05, 0) is 31.9 Å². The predicted molar refractivity (Wildman–Crippen MR) is 80.8 cm³/mol. The maximum Gasteiger partial charge on any atom is 0.222 e. The maximum atomic E-state index is 11.6. The first-order valence-corrected chi connectivity index (χ1v) is 7.23. The van der Waals surface area contributed by atoms with E-state index in [1.807, 2.05) is 31.2 Å². The third kappa shape index (κ3) is 3.39. The number of aryl methyl sites for hydroxylation is 1. The van der Waals surface area contributed by atoms with Gasteiger partial charge in [0.2, 0.25) is 5.91 Å². The van der Waals surface area contributed by atoms with Crippen molar-refractivity contribution in [1.29, 1.82) is 0 Å². The lowest BCUT2D eigenvalue weighted by molar-refractivity contribution is -0.120. The molecule has 1 atom stereocenters. The highest BCUT2D eigenvalue weighted by Gasteiger charge is 2.17. The number of rotatable bonds is 3. The third-order valence-electron chi connectivity index (χ3n) is 3.57. The molecule has 0 saturated carbocycles. The van der Waals surface area contributed by atoms with E-state index in [9.17, 15) is 4.79 Å². The number of benzene rings is 1. The van der Waals surface area contributed by atoms with Crippen molar-refractivity contribution in [2.75, 3.05) is 11.9 Å². The molecule has 2 heterocycles. The van der Waals surface area contributed by atoms with Crippen LogP contribution in [0.1, 0.15) is 25.1 Å². The first-order valence-electron chi connectivity index (χ1n) is 7.23. The van der Waals surface area contributed by atoms with E-state index >= 15 is 0 Å². The minimum absolute atomic E-state index is 0.116. The molecular formula is C15H19N5O. The minimum atomic E-state index is 0.116. The van der Waals surface area contributed by atoms with E-state index in [1.54, 1.807) is 0 Å². The van der Waals surface area contributed by atoms with Gasteiger partial charge in [-0.3, -0.25) is 9.89 Å². The molecule has 3 rings (SSSR count). The summed E-state index contributed by atoms with van der Waals surface area (Å²) in [7, 11) is 0. The average Bonchev–Trinajstić information content (AvgIpc) is 2.80. The Morgan fingerprint density at radius 3 is 3.10 bits per heavy atom. The van der Waals surface area contributed by atoms with Crippen LogP contribution in [-0.4, -0.2) is 33.7 Å². The van der Waals surface area contributed by atoms with Gasteiger partial charge in [-0.2, -0.15) is 5.10 Å². The molecule has 1 unspecified atom stereocenters. The quantitative estimate of drug-likeness (QED) is 0.804. The summed E-state index contributed by atoms with van der Waals surface area (Å²) in [5.41, 5.74) is 1.96. The van der Waals surface area contributed by atoms with E-state index in [1.165, 1.54) is 0 Å². The van der Waals surface area contributed by atoms with E-state index < -0.39 is 0 Å². The molecular weight excluding hydrogens is 266 g/mol. The van der Waals surface area contributed by atoms with Gasteiger partial charge in [-0.1, -0.05) is 12.1 Å². The van der Waals surface area contributed by atoms with Gasteiger partial charge in [0.1, 0.15) is 5.82 Å². The Hall–Kier alpha value is -2.37. The molecule has 1 aromatic carbocycles. The Morgan fingerprint density at radius 1 is 1.38 bits per heavy atom. The summed E-state index contributed by atoms with van der Waals surface area (Å²) in [5, 5.41) is 13.4. The van der Waals surface area contributed by atoms with Crippen LogP contribution in [0.2, 0.25) is 0 Å². The molecule has 110 valence electrons. The molecule has 6 heteroatoms. The monoisotopic (exact) mass is 285 g/mol.